The standard InChI is InChI=1S/C16H22O9/c1-5-6-7-21-16-15(24-11(4)20)14(23-10(3)19)13(22-9(2)18)12(8-17)25-16/h1,12-17H,6-8H2,2-4H3/t12-,13+,14+,15-,16-/m1/s1. The van der Waals surface area contributed by atoms with E-state index in [4.69, 9.17) is 30.1 Å². The SMILES string of the molecule is C#CCCO[C@@H]1O[C@H](CO)[C@H](OC(C)=O)[C@H](OC(C)=O)[C@H]1OC(C)=O. The third-order valence-electron chi connectivity index (χ3n) is 3.21. The Morgan fingerprint density at radius 3 is 2.00 bits per heavy atom. The summed E-state index contributed by atoms with van der Waals surface area (Å²) in [5.74, 6) is 0.317. The molecule has 0 bridgehead atoms. The number of terminal acetylenes is 1. The summed E-state index contributed by atoms with van der Waals surface area (Å²) < 4.78 is 26.4. The number of carbonyl (C=O) groups is 3. The third kappa shape index (κ3) is 6.34. The van der Waals surface area contributed by atoms with Crippen LogP contribution >= 0.6 is 0 Å². The maximum atomic E-state index is 11.5. The van der Waals surface area contributed by atoms with Crippen molar-refractivity contribution in [3.8, 4) is 12.3 Å². The first kappa shape index (κ1) is 20.9. The van der Waals surface area contributed by atoms with Crippen LogP contribution in [0.2, 0.25) is 0 Å². The van der Waals surface area contributed by atoms with Gasteiger partial charge in [0.15, 0.2) is 24.6 Å². The molecule has 1 aliphatic heterocycles. The topological polar surface area (TPSA) is 118 Å². The molecule has 25 heavy (non-hydrogen) atoms. The Bertz CT molecular complexity index is 524. The first-order valence-corrected chi connectivity index (χ1v) is 7.63. The van der Waals surface area contributed by atoms with E-state index in [-0.39, 0.29) is 13.0 Å². The smallest absolute Gasteiger partial charge is 0.303 e. The van der Waals surface area contributed by atoms with Crippen molar-refractivity contribution < 1.29 is 43.2 Å². The van der Waals surface area contributed by atoms with Crippen LogP contribution in [0.4, 0.5) is 0 Å². The Balaban J connectivity index is 3.14. The lowest BCUT2D eigenvalue weighted by atomic mass is 9.98. The Morgan fingerprint density at radius 2 is 1.52 bits per heavy atom. The minimum absolute atomic E-state index is 0.0854. The summed E-state index contributed by atoms with van der Waals surface area (Å²) in [5, 5.41) is 9.53. The number of hydrogen-bond donors (Lipinski definition) is 1. The molecule has 0 amide bonds. The maximum absolute atomic E-state index is 11.5. The van der Waals surface area contributed by atoms with Crippen molar-refractivity contribution >= 4 is 17.9 Å². The van der Waals surface area contributed by atoms with Crippen molar-refractivity contribution in [2.45, 2.75) is 57.9 Å². The fraction of sp³-hybridized carbons (Fsp3) is 0.688. The van der Waals surface area contributed by atoms with Gasteiger partial charge in [-0.3, -0.25) is 14.4 Å². The molecule has 0 spiro atoms. The highest BCUT2D eigenvalue weighted by Crippen LogP contribution is 2.29. The first-order valence-electron chi connectivity index (χ1n) is 7.63. The Hall–Kier alpha value is -2.15. The molecule has 0 saturated carbocycles. The van der Waals surface area contributed by atoms with Crippen molar-refractivity contribution in [2.75, 3.05) is 13.2 Å². The first-order chi connectivity index (χ1) is 11.8. The van der Waals surface area contributed by atoms with E-state index in [9.17, 15) is 19.5 Å². The van der Waals surface area contributed by atoms with Crippen LogP contribution in [0.15, 0.2) is 0 Å². The van der Waals surface area contributed by atoms with Crippen molar-refractivity contribution in [3.05, 3.63) is 0 Å². The molecule has 0 aliphatic carbocycles. The molecule has 1 N–H and O–H groups in total. The van der Waals surface area contributed by atoms with Gasteiger partial charge in [-0.1, -0.05) is 0 Å². The maximum Gasteiger partial charge on any atom is 0.303 e. The third-order valence-corrected chi connectivity index (χ3v) is 3.21. The summed E-state index contributed by atoms with van der Waals surface area (Å²) in [5.41, 5.74) is 0. The van der Waals surface area contributed by atoms with Gasteiger partial charge in [-0.15, -0.1) is 12.3 Å². The Morgan fingerprint density at radius 1 is 1.00 bits per heavy atom. The fourth-order valence-corrected chi connectivity index (χ4v) is 2.37. The summed E-state index contributed by atoms with van der Waals surface area (Å²) in [7, 11) is 0. The van der Waals surface area contributed by atoms with E-state index in [1.165, 1.54) is 0 Å². The van der Waals surface area contributed by atoms with Gasteiger partial charge >= 0.3 is 17.9 Å². The van der Waals surface area contributed by atoms with Gasteiger partial charge in [-0.2, -0.15) is 0 Å². The second-order valence-corrected chi connectivity index (χ2v) is 5.27. The summed E-state index contributed by atoms with van der Waals surface area (Å²) >= 11 is 0. The van der Waals surface area contributed by atoms with Gasteiger partial charge in [0.2, 0.25) is 0 Å². The average molecular weight is 358 g/mol. The van der Waals surface area contributed by atoms with Gasteiger partial charge in [-0.25, -0.2) is 0 Å². The van der Waals surface area contributed by atoms with E-state index in [0.717, 1.165) is 20.8 Å². The quantitative estimate of drug-likeness (QED) is 0.279. The normalized spacial score (nSPS) is 28.5. The molecular formula is C16H22O9. The molecular weight excluding hydrogens is 336 g/mol. The van der Waals surface area contributed by atoms with Crippen LogP contribution in [0.3, 0.4) is 0 Å². The van der Waals surface area contributed by atoms with E-state index in [0.29, 0.717) is 0 Å². The fourth-order valence-electron chi connectivity index (χ4n) is 2.37. The van der Waals surface area contributed by atoms with Gasteiger partial charge < -0.3 is 28.8 Å². The minimum Gasteiger partial charge on any atom is -0.456 e. The molecule has 1 heterocycles. The molecule has 0 unspecified atom stereocenters. The Labute approximate surface area is 145 Å². The molecule has 0 radical (unpaired) electrons. The molecule has 1 saturated heterocycles. The number of hydrogen-bond acceptors (Lipinski definition) is 9. The largest absolute Gasteiger partial charge is 0.456 e. The lowest BCUT2D eigenvalue weighted by Crippen LogP contribution is -2.62. The van der Waals surface area contributed by atoms with Crippen LogP contribution in [-0.4, -0.2) is 66.9 Å². The molecule has 1 aliphatic rings. The summed E-state index contributed by atoms with van der Waals surface area (Å²) in [6, 6.07) is 0. The van der Waals surface area contributed by atoms with Crippen LogP contribution in [0.25, 0.3) is 0 Å². The molecule has 0 aromatic carbocycles. The molecule has 1 fully saturated rings. The molecule has 9 nitrogen and oxygen atoms in total. The molecule has 140 valence electrons. The van der Waals surface area contributed by atoms with Crippen LogP contribution < -0.4 is 0 Å². The van der Waals surface area contributed by atoms with Crippen LogP contribution in [0.5, 0.6) is 0 Å². The number of rotatable bonds is 7. The number of ether oxygens (including phenoxy) is 5. The summed E-state index contributed by atoms with van der Waals surface area (Å²) in [4.78, 5) is 34.3. The van der Waals surface area contributed by atoms with Gasteiger partial charge in [0, 0.05) is 27.2 Å². The van der Waals surface area contributed by atoms with E-state index in [1.807, 2.05) is 0 Å². The monoisotopic (exact) mass is 358 g/mol. The average Bonchev–Trinajstić information content (AvgIpc) is 2.51. The zero-order chi connectivity index (χ0) is 19.0. The highest BCUT2D eigenvalue weighted by Gasteiger charge is 2.52. The molecule has 0 aromatic heterocycles. The number of carbonyl (C=O) groups excluding carboxylic acids is 3. The van der Waals surface area contributed by atoms with Gasteiger partial charge in [0.1, 0.15) is 6.10 Å². The zero-order valence-electron chi connectivity index (χ0n) is 14.3. The minimum atomic E-state index is -1.22. The number of aliphatic hydroxyl groups is 1. The molecule has 9 heteroatoms. The Kier molecular flexibility index (Phi) is 8.34. The van der Waals surface area contributed by atoms with Gasteiger partial charge in [0.05, 0.1) is 13.2 Å². The van der Waals surface area contributed by atoms with E-state index >= 15 is 0 Å². The van der Waals surface area contributed by atoms with Gasteiger partial charge in [-0.05, 0) is 0 Å². The van der Waals surface area contributed by atoms with Crippen LogP contribution in [-0.2, 0) is 38.1 Å². The second-order valence-electron chi connectivity index (χ2n) is 5.27. The molecule has 1 rings (SSSR count). The van der Waals surface area contributed by atoms with Crippen molar-refractivity contribution in [2.24, 2.45) is 0 Å². The number of aliphatic hydroxyl groups excluding tert-OH is 1. The van der Waals surface area contributed by atoms with E-state index < -0.39 is 55.2 Å². The van der Waals surface area contributed by atoms with E-state index in [1.54, 1.807) is 0 Å². The lowest BCUT2D eigenvalue weighted by molar-refractivity contribution is -0.307. The predicted molar refractivity (Wildman–Crippen MR) is 81.8 cm³/mol. The molecule has 0 aromatic rings. The number of esters is 3. The summed E-state index contributed by atoms with van der Waals surface area (Å²) in [6.45, 7) is 2.99. The van der Waals surface area contributed by atoms with Crippen molar-refractivity contribution in [1.82, 2.24) is 0 Å². The van der Waals surface area contributed by atoms with Crippen molar-refractivity contribution in [1.29, 1.82) is 0 Å². The van der Waals surface area contributed by atoms with Crippen molar-refractivity contribution in [3.63, 3.8) is 0 Å². The van der Waals surface area contributed by atoms with Crippen LogP contribution in [0, 0.1) is 12.3 Å². The predicted octanol–water partition coefficient (Wildman–Crippen LogP) is -0.461. The van der Waals surface area contributed by atoms with Crippen LogP contribution in [0.1, 0.15) is 27.2 Å². The van der Waals surface area contributed by atoms with E-state index in [2.05, 4.69) is 5.92 Å². The molecule has 5 atom stereocenters. The lowest BCUT2D eigenvalue weighted by Gasteiger charge is -2.43. The summed E-state index contributed by atoms with van der Waals surface area (Å²) in [6.07, 6.45) is -0.377. The van der Waals surface area contributed by atoms with Gasteiger partial charge in [0.25, 0.3) is 0 Å². The second kappa shape index (κ2) is 9.98. The zero-order valence-corrected chi connectivity index (χ0v) is 14.3. The highest BCUT2D eigenvalue weighted by molar-refractivity contribution is 5.68. The highest BCUT2D eigenvalue weighted by atomic mass is 16.7.